The maximum Gasteiger partial charge on any atom is 0.119 e. The van der Waals surface area contributed by atoms with Gasteiger partial charge in [0.05, 0.1) is 6.61 Å². The summed E-state index contributed by atoms with van der Waals surface area (Å²) in [6, 6.07) is 6.36. The molecule has 1 unspecified atom stereocenters. The molecule has 0 bridgehead atoms. The van der Waals surface area contributed by atoms with Crippen LogP contribution in [0.4, 0.5) is 0 Å². The lowest BCUT2D eigenvalue weighted by atomic mass is 9.94. The summed E-state index contributed by atoms with van der Waals surface area (Å²) in [7, 11) is 0. The van der Waals surface area contributed by atoms with Crippen molar-refractivity contribution < 1.29 is 4.74 Å². The molecule has 1 radical (unpaired) electrons. The molecule has 1 aromatic carbocycles. The molecule has 1 aromatic rings. The third-order valence-corrected chi connectivity index (χ3v) is 2.48. The molecule has 15 heavy (non-hydrogen) atoms. The highest BCUT2D eigenvalue weighted by Gasteiger charge is 2.07. The van der Waals surface area contributed by atoms with Gasteiger partial charge in [-0.05, 0) is 49.4 Å². The van der Waals surface area contributed by atoms with Gasteiger partial charge < -0.3 is 4.74 Å². The molecule has 0 amide bonds. The minimum Gasteiger partial charge on any atom is -0.494 e. The quantitative estimate of drug-likeness (QED) is 0.706. The van der Waals surface area contributed by atoms with Crippen LogP contribution in [0, 0.1) is 6.92 Å². The monoisotopic (exact) mass is 205 g/mol. The normalized spacial score (nSPS) is 10.7. The van der Waals surface area contributed by atoms with Crippen LogP contribution in [0.5, 0.6) is 5.75 Å². The summed E-state index contributed by atoms with van der Waals surface area (Å²) < 4.78 is 5.50. The summed E-state index contributed by atoms with van der Waals surface area (Å²) in [6.45, 7) is 11.2. The van der Waals surface area contributed by atoms with Gasteiger partial charge in [0.15, 0.2) is 0 Å². The van der Waals surface area contributed by atoms with Gasteiger partial charge >= 0.3 is 0 Å². The van der Waals surface area contributed by atoms with Gasteiger partial charge in [-0.1, -0.05) is 26.3 Å². The Morgan fingerprint density at radius 2 is 2.07 bits per heavy atom. The van der Waals surface area contributed by atoms with Crippen molar-refractivity contribution in [1.82, 2.24) is 0 Å². The van der Waals surface area contributed by atoms with Gasteiger partial charge in [0.2, 0.25) is 0 Å². The van der Waals surface area contributed by atoms with Crippen LogP contribution >= 0.6 is 0 Å². The van der Waals surface area contributed by atoms with E-state index >= 15 is 0 Å². The average molecular weight is 205 g/mol. The highest BCUT2D eigenvalue weighted by Crippen LogP contribution is 2.25. The van der Waals surface area contributed by atoms with Crippen LogP contribution in [0.3, 0.4) is 0 Å². The first kappa shape index (κ1) is 12.1. The summed E-state index contributed by atoms with van der Waals surface area (Å²) in [5.74, 6) is 1.29. The smallest absolute Gasteiger partial charge is 0.119 e. The summed E-state index contributed by atoms with van der Waals surface area (Å²) in [4.78, 5) is 0. The maximum atomic E-state index is 5.50. The molecule has 83 valence electrons. The molecule has 0 saturated heterocycles. The standard InChI is InChI=1S/C14H21O/c1-5-7-12-8-9-13(15-6-2)10-14(12)11(3)4/h8-11H,3,5-7H2,1-2,4H3. The molecule has 0 heterocycles. The highest BCUT2D eigenvalue weighted by molar-refractivity contribution is 5.38. The topological polar surface area (TPSA) is 9.23 Å². The van der Waals surface area contributed by atoms with Gasteiger partial charge in [-0.25, -0.2) is 0 Å². The second-order valence-electron chi connectivity index (χ2n) is 3.94. The molecule has 0 fully saturated rings. The maximum absolute atomic E-state index is 5.50. The van der Waals surface area contributed by atoms with Crippen LogP contribution in [-0.2, 0) is 6.42 Å². The van der Waals surface area contributed by atoms with E-state index in [1.807, 2.05) is 6.92 Å². The van der Waals surface area contributed by atoms with E-state index in [-0.39, 0.29) is 0 Å². The molecular formula is C14H21O. The number of aryl methyl sites for hydroxylation is 1. The van der Waals surface area contributed by atoms with Crippen molar-refractivity contribution in [1.29, 1.82) is 0 Å². The Balaban J connectivity index is 2.97. The predicted octanol–water partition coefficient (Wildman–Crippen LogP) is 3.98. The van der Waals surface area contributed by atoms with Crippen molar-refractivity contribution >= 4 is 0 Å². The van der Waals surface area contributed by atoms with Crippen molar-refractivity contribution in [2.24, 2.45) is 0 Å². The molecule has 0 saturated carbocycles. The van der Waals surface area contributed by atoms with Gasteiger partial charge in [0.25, 0.3) is 0 Å². The number of benzene rings is 1. The van der Waals surface area contributed by atoms with Crippen LogP contribution in [0.25, 0.3) is 0 Å². The molecule has 0 spiro atoms. The highest BCUT2D eigenvalue weighted by atomic mass is 16.5. The first-order valence-electron chi connectivity index (χ1n) is 5.77. The first-order chi connectivity index (χ1) is 7.19. The summed E-state index contributed by atoms with van der Waals surface area (Å²) in [5.41, 5.74) is 2.73. The van der Waals surface area contributed by atoms with Gasteiger partial charge in [0, 0.05) is 0 Å². The Labute approximate surface area is 93.5 Å². The van der Waals surface area contributed by atoms with Gasteiger partial charge in [-0.2, -0.15) is 0 Å². The molecule has 1 heteroatoms. The zero-order valence-corrected chi connectivity index (χ0v) is 10.0. The van der Waals surface area contributed by atoms with E-state index in [2.05, 4.69) is 39.0 Å². The van der Waals surface area contributed by atoms with Crippen molar-refractivity contribution in [3.63, 3.8) is 0 Å². The van der Waals surface area contributed by atoms with Gasteiger partial charge in [-0.3, -0.25) is 0 Å². The Hall–Kier alpha value is -0.980. The Morgan fingerprint density at radius 3 is 2.60 bits per heavy atom. The van der Waals surface area contributed by atoms with Crippen LogP contribution < -0.4 is 4.74 Å². The van der Waals surface area contributed by atoms with Crippen molar-refractivity contribution in [3.8, 4) is 5.75 Å². The van der Waals surface area contributed by atoms with Crippen molar-refractivity contribution in [2.45, 2.75) is 39.5 Å². The zero-order valence-electron chi connectivity index (χ0n) is 10.0. The molecule has 0 aliphatic carbocycles. The minimum atomic E-state index is 0.326. The summed E-state index contributed by atoms with van der Waals surface area (Å²) in [5, 5.41) is 0. The number of rotatable bonds is 5. The number of ether oxygens (including phenoxy) is 1. The fourth-order valence-electron chi connectivity index (χ4n) is 1.79. The Kier molecular flexibility index (Phi) is 4.67. The third kappa shape index (κ3) is 3.26. The molecule has 0 N–H and O–H groups in total. The lowest BCUT2D eigenvalue weighted by Gasteiger charge is -2.14. The van der Waals surface area contributed by atoms with Crippen molar-refractivity contribution in [3.05, 3.63) is 36.2 Å². The lowest BCUT2D eigenvalue weighted by Crippen LogP contribution is -1.99. The zero-order chi connectivity index (χ0) is 11.3. The molecule has 0 aliphatic rings. The first-order valence-corrected chi connectivity index (χ1v) is 5.77. The van der Waals surface area contributed by atoms with Crippen molar-refractivity contribution in [2.75, 3.05) is 6.61 Å². The second kappa shape index (κ2) is 5.79. The van der Waals surface area contributed by atoms with Crippen LogP contribution in [0.1, 0.15) is 44.2 Å². The fourth-order valence-corrected chi connectivity index (χ4v) is 1.79. The van der Waals surface area contributed by atoms with E-state index in [1.54, 1.807) is 0 Å². The van der Waals surface area contributed by atoms with E-state index in [9.17, 15) is 0 Å². The average Bonchev–Trinajstić information content (AvgIpc) is 2.21. The van der Waals surface area contributed by atoms with Crippen LogP contribution in [-0.4, -0.2) is 6.61 Å². The summed E-state index contributed by atoms with van der Waals surface area (Å²) >= 11 is 0. The molecule has 1 atom stereocenters. The Bertz CT molecular complexity index is 302. The predicted molar refractivity (Wildman–Crippen MR) is 65.4 cm³/mol. The van der Waals surface area contributed by atoms with E-state index in [1.165, 1.54) is 17.5 Å². The molecule has 1 nitrogen and oxygen atoms in total. The molecule has 1 rings (SSSR count). The Morgan fingerprint density at radius 1 is 1.33 bits per heavy atom. The van der Waals surface area contributed by atoms with E-state index in [4.69, 9.17) is 4.74 Å². The molecule has 0 aromatic heterocycles. The number of hydrogen-bond acceptors (Lipinski definition) is 1. The molecular weight excluding hydrogens is 184 g/mol. The van der Waals surface area contributed by atoms with Crippen LogP contribution in [0.2, 0.25) is 0 Å². The van der Waals surface area contributed by atoms with Crippen LogP contribution in [0.15, 0.2) is 18.2 Å². The second-order valence-corrected chi connectivity index (χ2v) is 3.94. The molecule has 0 aliphatic heterocycles. The third-order valence-electron chi connectivity index (χ3n) is 2.48. The van der Waals surface area contributed by atoms with Gasteiger partial charge in [0.1, 0.15) is 5.75 Å². The van der Waals surface area contributed by atoms with E-state index < -0.39 is 0 Å². The largest absolute Gasteiger partial charge is 0.494 e. The van der Waals surface area contributed by atoms with E-state index in [0.29, 0.717) is 5.92 Å². The number of hydrogen-bond donors (Lipinski definition) is 0. The minimum absolute atomic E-state index is 0.326. The van der Waals surface area contributed by atoms with Gasteiger partial charge in [-0.15, -0.1) is 0 Å². The lowest BCUT2D eigenvalue weighted by molar-refractivity contribution is 0.339. The summed E-state index contributed by atoms with van der Waals surface area (Å²) in [6.07, 6.45) is 2.30. The SMILES string of the molecule is [CH2]C(C)c1cc(OCC)ccc1CCC. The van der Waals surface area contributed by atoms with E-state index in [0.717, 1.165) is 18.8 Å². The fraction of sp³-hybridized carbons (Fsp3) is 0.500.